The Morgan fingerprint density at radius 1 is 1.82 bits per heavy atom. The van der Waals surface area contributed by atoms with Crippen LogP contribution >= 0.6 is 0 Å². The lowest BCUT2D eigenvalue weighted by atomic mass is 10.2. The molecule has 0 aromatic carbocycles. The van der Waals surface area contributed by atoms with Crippen LogP contribution in [0.4, 0.5) is 0 Å². The highest BCUT2D eigenvalue weighted by Gasteiger charge is 2.11. The zero-order chi connectivity index (χ0) is 8.27. The number of hydrogen-bond donors (Lipinski definition) is 2. The monoisotopic (exact) mass is 153 g/mol. The van der Waals surface area contributed by atoms with Crippen LogP contribution in [-0.4, -0.2) is 25.8 Å². The topological polar surface area (TPSA) is 53.5 Å². The van der Waals surface area contributed by atoms with Gasteiger partial charge in [-0.25, -0.2) is 0 Å². The van der Waals surface area contributed by atoms with E-state index in [1.54, 1.807) is 7.05 Å². The summed E-state index contributed by atoms with van der Waals surface area (Å²) in [7, 11) is 1.61. The van der Waals surface area contributed by atoms with Gasteiger partial charge in [0, 0.05) is 7.05 Å². The molecule has 1 aliphatic heterocycles. The van der Waals surface area contributed by atoms with Gasteiger partial charge in [-0.3, -0.25) is 9.79 Å². The molecule has 4 nitrogen and oxygen atoms in total. The molecular weight excluding hydrogens is 142 g/mol. The minimum absolute atomic E-state index is 0.0892. The van der Waals surface area contributed by atoms with Crippen LogP contribution in [0.2, 0.25) is 0 Å². The molecular formula is C7H11N3O. The molecule has 0 aromatic rings. The molecule has 11 heavy (non-hydrogen) atoms. The highest BCUT2D eigenvalue weighted by atomic mass is 16.2. The maximum Gasteiger partial charge on any atom is 0.267 e. The molecule has 0 saturated heterocycles. The number of nitrogens with one attached hydrogen (secondary N) is 2. The van der Waals surface area contributed by atoms with E-state index in [0.717, 1.165) is 5.57 Å². The molecule has 0 spiro atoms. The van der Waals surface area contributed by atoms with Gasteiger partial charge in [-0.15, -0.1) is 0 Å². The van der Waals surface area contributed by atoms with Gasteiger partial charge in [0.15, 0.2) is 0 Å². The average molecular weight is 153 g/mol. The van der Waals surface area contributed by atoms with Crippen LogP contribution in [-0.2, 0) is 4.79 Å². The standard InChI is InChI=1S/C7H11N3O/c1-5-3-9-4-10-6(5)7(11)8-2/h4H,3H2,1-2H3,(H,8,11)(H,9,10). The third kappa shape index (κ3) is 1.58. The van der Waals surface area contributed by atoms with E-state index >= 15 is 0 Å². The lowest BCUT2D eigenvalue weighted by Crippen LogP contribution is -2.31. The Balaban J connectivity index is 2.76. The summed E-state index contributed by atoms with van der Waals surface area (Å²) >= 11 is 0. The van der Waals surface area contributed by atoms with Gasteiger partial charge in [0.05, 0.1) is 12.9 Å². The maximum atomic E-state index is 11.1. The second-order valence-corrected chi connectivity index (χ2v) is 2.35. The first kappa shape index (κ1) is 7.78. The van der Waals surface area contributed by atoms with Crippen LogP contribution in [0.5, 0.6) is 0 Å². The minimum Gasteiger partial charge on any atom is -0.354 e. The number of aliphatic imine (C=N–C) groups is 1. The Hall–Kier alpha value is -1.32. The molecule has 0 atom stereocenters. The van der Waals surface area contributed by atoms with Crippen molar-refractivity contribution in [1.82, 2.24) is 10.6 Å². The highest BCUT2D eigenvalue weighted by molar-refractivity contribution is 5.96. The molecule has 0 aromatic heterocycles. The Morgan fingerprint density at radius 3 is 3.09 bits per heavy atom. The smallest absolute Gasteiger partial charge is 0.267 e. The largest absolute Gasteiger partial charge is 0.354 e. The zero-order valence-corrected chi connectivity index (χ0v) is 6.64. The molecule has 0 radical (unpaired) electrons. The lowest BCUT2D eigenvalue weighted by molar-refractivity contribution is -0.117. The zero-order valence-electron chi connectivity index (χ0n) is 6.64. The number of amides is 1. The summed E-state index contributed by atoms with van der Waals surface area (Å²) in [5, 5.41) is 5.34. The van der Waals surface area contributed by atoms with Crippen LogP contribution in [0.1, 0.15) is 6.92 Å². The molecule has 4 heteroatoms. The van der Waals surface area contributed by atoms with Crippen LogP contribution in [0.25, 0.3) is 0 Å². The molecule has 0 saturated carbocycles. The molecule has 1 aliphatic rings. The van der Waals surface area contributed by atoms with Gasteiger partial charge in [0.1, 0.15) is 5.70 Å². The lowest BCUT2D eigenvalue weighted by Gasteiger charge is -2.12. The Bertz CT molecular complexity index is 230. The molecule has 0 aliphatic carbocycles. The number of carbonyl (C=O) groups excluding carboxylic acids is 1. The number of carbonyl (C=O) groups is 1. The van der Waals surface area contributed by atoms with Crippen LogP contribution in [0.3, 0.4) is 0 Å². The van der Waals surface area contributed by atoms with E-state index in [2.05, 4.69) is 15.6 Å². The molecule has 1 heterocycles. The number of nitrogens with zero attached hydrogens (tertiary/aromatic N) is 1. The number of likely N-dealkylation sites (N-methyl/N-ethyl adjacent to an activating group) is 1. The number of hydrogen-bond acceptors (Lipinski definition) is 3. The van der Waals surface area contributed by atoms with E-state index in [1.807, 2.05) is 6.92 Å². The summed E-state index contributed by atoms with van der Waals surface area (Å²) in [6.07, 6.45) is 1.54. The van der Waals surface area contributed by atoms with Crippen molar-refractivity contribution in [3.05, 3.63) is 11.3 Å². The van der Waals surface area contributed by atoms with E-state index in [4.69, 9.17) is 0 Å². The van der Waals surface area contributed by atoms with Gasteiger partial charge in [-0.1, -0.05) is 0 Å². The summed E-state index contributed by atoms with van der Waals surface area (Å²) in [5.41, 5.74) is 1.58. The van der Waals surface area contributed by atoms with Gasteiger partial charge < -0.3 is 10.6 Å². The first-order valence-electron chi connectivity index (χ1n) is 3.42. The molecule has 0 bridgehead atoms. The second-order valence-electron chi connectivity index (χ2n) is 2.35. The third-order valence-electron chi connectivity index (χ3n) is 1.51. The predicted octanol–water partition coefficient (Wildman–Crippen LogP) is -0.362. The van der Waals surface area contributed by atoms with Crippen molar-refractivity contribution >= 4 is 12.2 Å². The van der Waals surface area contributed by atoms with Crippen molar-refractivity contribution < 1.29 is 4.79 Å². The van der Waals surface area contributed by atoms with E-state index < -0.39 is 0 Å². The first-order valence-corrected chi connectivity index (χ1v) is 3.42. The van der Waals surface area contributed by atoms with Crippen molar-refractivity contribution in [2.75, 3.05) is 13.6 Å². The molecule has 1 rings (SSSR count). The summed E-state index contributed by atoms with van der Waals surface area (Å²) in [6.45, 7) is 2.49. The van der Waals surface area contributed by atoms with Gasteiger partial charge in [0.25, 0.3) is 5.91 Å². The van der Waals surface area contributed by atoms with E-state index in [0.29, 0.717) is 12.2 Å². The normalized spacial score (nSPS) is 16.2. The highest BCUT2D eigenvalue weighted by Crippen LogP contribution is 2.03. The Morgan fingerprint density at radius 2 is 2.55 bits per heavy atom. The van der Waals surface area contributed by atoms with E-state index in [1.165, 1.54) is 6.34 Å². The molecule has 1 amide bonds. The quantitative estimate of drug-likeness (QED) is 0.540. The fourth-order valence-corrected chi connectivity index (χ4v) is 0.879. The predicted molar refractivity (Wildman–Crippen MR) is 43.3 cm³/mol. The van der Waals surface area contributed by atoms with Gasteiger partial charge in [0.2, 0.25) is 0 Å². The fraction of sp³-hybridized carbons (Fsp3) is 0.429. The minimum atomic E-state index is -0.0892. The molecule has 2 N–H and O–H groups in total. The fourth-order valence-electron chi connectivity index (χ4n) is 0.879. The SMILES string of the molecule is CNC(=O)C1=C(C)CN=CN1. The summed E-state index contributed by atoms with van der Waals surface area (Å²) in [5.74, 6) is -0.0892. The van der Waals surface area contributed by atoms with Crippen molar-refractivity contribution in [2.24, 2.45) is 4.99 Å². The summed E-state index contributed by atoms with van der Waals surface area (Å²) in [6, 6.07) is 0. The average Bonchev–Trinajstić information content (AvgIpc) is 2.04. The van der Waals surface area contributed by atoms with Gasteiger partial charge in [-0.05, 0) is 12.5 Å². The first-order chi connectivity index (χ1) is 5.25. The van der Waals surface area contributed by atoms with E-state index in [-0.39, 0.29) is 5.91 Å². The van der Waals surface area contributed by atoms with Crippen LogP contribution < -0.4 is 10.6 Å². The van der Waals surface area contributed by atoms with Crippen LogP contribution in [0, 0.1) is 0 Å². The van der Waals surface area contributed by atoms with Crippen molar-refractivity contribution in [3.63, 3.8) is 0 Å². The van der Waals surface area contributed by atoms with E-state index in [9.17, 15) is 4.79 Å². The van der Waals surface area contributed by atoms with Crippen molar-refractivity contribution in [1.29, 1.82) is 0 Å². The summed E-state index contributed by atoms with van der Waals surface area (Å²) in [4.78, 5) is 15.0. The third-order valence-corrected chi connectivity index (χ3v) is 1.51. The van der Waals surface area contributed by atoms with Crippen molar-refractivity contribution in [3.8, 4) is 0 Å². The second kappa shape index (κ2) is 3.18. The van der Waals surface area contributed by atoms with Crippen molar-refractivity contribution in [2.45, 2.75) is 6.92 Å². The number of rotatable bonds is 1. The molecule has 60 valence electrons. The van der Waals surface area contributed by atoms with Crippen LogP contribution in [0.15, 0.2) is 16.3 Å². The Kier molecular flexibility index (Phi) is 2.25. The molecule has 0 fully saturated rings. The maximum absolute atomic E-state index is 11.1. The van der Waals surface area contributed by atoms with Gasteiger partial charge in [-0.2, -0.15) is 0 Å². The molecule has 0 unspecified atom stereocenters. The summed E-state index contributed by atoms with van der Waals surface area (Å²) < 4.78 is 0. The van der Waals surface area contributed by atoms with Gasteiger partial charge >= 0.3 is 0 Å². The Labute approximate surface area is 65.4 Å².